The number of ether oxygens (including phenoxy) is 1. The summed E-state index contributed by atoms with van der Waals surface area (Å²) in [5.41, 5.74) is 7.51. The first kappa shape index (κ1) is 8.96. The van der Waals surface area contributed by atoms with Crippen LogP contribution in [0.2, 0.25) is 0 Å². The molecule has 0 radical (unpaired) electrons. The number of aromatic nitrogens is 3. The van der Waals surface area contributed by atoms with Crippen molar-refractivity contribution in [3.8, 4) is 5.88 Å². The summed E-state index contributed by atoms with van der Waals surface area (Å²) in [7, 11) is 1.58. The van der Waals surface area contributed by atoms with Gasteiger partial charge >= 0.3 is 0 Å². The minimum Gasteiger partial charge on any atom is -0.480 e. The summed E-state index contributed by atoms with van der Waals surface area (Å²) in [6, 6.07) is -0.0582. The molecule has 0 aromatic carbocycles. The fourth-order valence-corrected chi connectivity index (χ4v) is 1.33. The molecule has 5 nitrogen and oxygen atoms in total. The summed E-state index contributed by atoms with van der Waals surface area (Å²) in [5.74, 6) is 0.553. The molecule has 2 heterocycles. The maximum atomic E-state index is 5.79. The number of methoxy groups -OCH3 is 1. The minimum atomic E-state index is -0.0582. The standard InChI is InChI=1S/C9H12N4O/c1-6(10)7-3-11-8-4-12-9(14-2)5-13(7)8/h3-6H,10H2,1-2H3. The minimum absolute atomic E-state index is 0.0582. The molecule has 5 heteroatoms. The number of fused-ring (bicyclic) bond motifs is 1. The second-order valence-corrected chi connectivity index (χ2v) is 3.13. The Morgan fingerprint density at radius 1 is 1.43 bits per heavy atom. The first-order valence-electron chi connectivity index (χ1n) is 4.35. The van der Waals surface area contributed by atoms with E-state index in [1.54, 1.807) is 25.7 Å². The normalized spacial score (nSPS) is 13.1. The molecule has 0 aliphatic carbocycles. The molecule has 2 aromatic rings. The molecule has 0 saturated heterocycles. The number of hydrogen-bond acceptors (Lipinski definition) is 4. The fourth-order valence-electron chi connectivity index (χ4n) is 1.33. The number of rotatable bonds is 2. The Bertz CT molecular complexity index is 449. The van der Waals surface area contributed by atoms with E-state index < -0.39 is 0 Å². The zero-order valence-electron chi connectivity index (χ0n) is 8.14. The highest BCUT2D eigenvalue weighted by atomic mass is 16.5. The Kier molecular flexibility index (Phi) is 2.09. The molecule has 0 amide bonds. The van der Waals surface area contributed by atoms with E-state index in [-0.39, 0.29) is 6.04 Å². The summed E-state index contributed by atoms with van der Waals surface area (Å²) in [4.78, 5) is 8.23. The molecule has 0 spiro atoms. The van der Waals surface area contributed by atoms with E-state index in [0.717, 1.165) is 11.3 Å². The lowest BCUT2D eigenvalue weighted by Gasteiger charge is -2.05. The van der Waals surface area contributed by atoms with Crippen molar-refractivity contribution in [3.05, 3.63) is 24.3 Å². The van der Waals surface area contributed by atoms with Crippen molar-refractivity contribution in [2.45, 2.75) is 13.0 Å². The zero-order chi connectivity index (χ0) is 10.1. The van der Waals surface area contributed by atoms with Gasteiger partial charge in [0.25, 0.3) is 0 Å². The van der Waals surface area contributed by atoms with E-state index in [1.165, 1.54) is 0 Å². The van der Waals surface area contributed by atoms with Crippen LogP contribution in [-0.2, 0) is 0 Å². The van der Waals surface area contributed by atoms with Crippen LogP contribution in [0.25, 0.3) is 5.65 Å². The molecular weight excluding hydrogens is 180 g/mol. The maximum absolute atomic E-state index is 5.79. The van der Waals surface area contributed by atoms with Crippen LogP contribution < -0.4 is 10.5 Å². The van der Waals surface area contributed by atoms with Gasteiger partial charge in [-0.05, 0) is 6.92 Å². The third-order valence-electron chi connectivity index (χ3n) is 2.08. The number of nitrogens with zero attached hydrogens (tertiary/aromatic N) is 3. The summed E-state index contributed by atoms with van der Waals surface area (Å²) in [6.07, 6.45) is 5.19. The molecule has 1 unspecified atom stereocenters. The van der Waals surface area contributed by atoms with E-state index >= 15 is 0 Å². The summed E-state index contributed by atoms with van der Waals surface area (Å²) in [6.45, 7) is 1.91. The van der Waals surface area contributed by atoms with Gasteiger partial charge in [-0.2, -0.15) is 0 Å². The Hall–Kier alpha value is -1.62. The van der Waals surface area contributed by atoms with E-state index in [0.29, 0.717) is 5.88 Å². The maximum Gasteiger partial charge on any atom is 0.230 e. The van der Waals surface area contributed by atoms with Crippen molar-refractivity contribution in [3.63, 3.8) is 0 Å². The summed E-state index contributed by atoms with van der Waals surface area (Å²) in [5, 5.41) is 0. The lowest BCUT2D eigenvalue weighted by Crippen LogP contribution is -2.08. The fraction of sp³-hybridized carbons (Fsp3) is 0.333. The van der Waals surface area contributed by atoms with Crippen LogP contribution in [0.4, 0.5) is 0 Å². The van der Waals surface area contributed by atoms with E-state index in [4.69, 9.17) is 10.5 Å². The quantitative estimate of drug-likeness (QED) is 0.762. The second kappa shape index (κ2) is 3.26. The summed E-state index contributed by atoms with van der Waals surface area (Å²) < 4.78 is 6.91. The van der Waals surface area contributed by atoms with Crippen LogP contribution in [0.5, 0.6) is 5.88 Å². The molecule has 0 aliphatic heterocycles. The number of hydrogen-bond donors (Lipinski definition) is 1. The lowest BCUT2D eigenvalue weighted by molar-refractivity contribution is 0.395. The Morgan fingerprint density at radius 3 is 2.86 bits per heavy atom. The van der Waals surface area contributed by atoms with Crippen molar-refractivity contribution in [2.75, 3.05) is 7.11 Å². The summed E-state index contributed by atoms with van der Waals surface area (Å²) >= 11 is 0. The van der Waals surface area contributed by atoms with Crippen LogP contribution in [-0.4, -0.2) is 21.5 Å². The topological polar surface area (TPSA) is 65.4 Å². The van der Waals surface area contributed by atoms with Gasteiger partial charge in [0.2, 0.25) is 5.88 Å². The molecule has 0 saturated carbocycles. The monoisotopic (exact) mass is 192 g/mol. The molecule has 2 N–H and O–H groups in total. The van der Waals surface area contributed by atoms with Crippen LogP contribution in [0.15, 0.2) is 18.6 Å². The average Bonchev–Trinajstić information content (AvgIpc) is 2.59. The molecular formula is C9H12N4O. The first-order chi connectivity index (χ1) is 6.72. The Balaban J connectivity index is 2.63. The van der Waals surface area contributed by atoms with Crippen molar-refractivity contribution in [2.24, 2.45) is 5.73 Å². The van der Waals surface area contributed by atoms with Gasteiger partial charge in [0, 0.05) is 6.04 Å². The Morgan fingerprint density at radius 2 is 2.21 bits per heavy atom. The van der Waals surface area contributed by atoms with Gasteiger partial charge in [-0.15, -0.1) is 0 Å². The Labute approximate surface area is 81.5 Å². The van der Waals surface area contributed by atoms with E-state index in [2.05, 4.69) is 9.97 Å². The van der Waals surface area contributed by atoms with Gasteiger partial charge in [0.15, 0.2) is 5.65 Å². The molecule has 0 bridgehead atoms. The highest BCUT2D eigenvalue weighted by molar-refractivity contribution is 5.39. The largest absolute Gasteiger partial charge is 0.480 e. The first-order valence-corrected chi connectivity index (χ1v) is 4.35. The van der Waals surface area contributed by atoms with Gasteiger partial charge < -0.3 is 10.5 Å². The van der Waals surface area contributed by atoms with Gasteiger partial charge in [-0.3, -0.25) is 4.40 Å². The predicted molar refractivity (Wildman–Crippen MR) is 52.1 cm³/mol. The van der Waals surface area contributed by atoms with Gasteiger partial charge in [0.1, 0.15) is 0 Å². The van der Waals surface area contributed by atoms with E-state index in [1.807, 2.05) is 11.3 Å². The third-order valence-corrected chi connectivity index (χ3v) is 2.08. The molecule has 1 atom stereocenters. The number of imidazole rings is 1. The highest BCUT2D eigenvalue weighted by Gasteiger charge is 2.08. The van der Waals surface area contributed by atoms with Gasteiger partial charge in [-0.25, -0.2) is 9.97 Å². The predicted octanol–water partition coefficient (Wildman–Crippen LogP) is 0.758. The molecule has 2 aromatic heterocycles. The van der Waals surface area contributed by atoms with Crippen LogP contribution >= 0.6 is 0 Å². The van der Waals surface area contributed by atoms with Crippen LogP contribution in [0, 0.1) is 0 Å². The van der Waals surface area contributed by atoms with E-state index in [9.17, 15) is 0 Å². The SMILES string of the molecule is COc1cn2c(C(C)N)cnc2cn1. The van der Waals surface area contributed by atoms with Crippen molar-refractivity contribution in [1.29, 1.82) is 0 Å². The van der Waals surface area contributed by atoms with Gasteiger partial charge in [0.05, 0.1) is 31.4 Å². The third kappa shape index (κ3) is 1.31. The smallest absolute Gasteiger partial charge is 0.230 e. The van der Waals surface area contributed by atoms with Crippen molar-refractivity contribution in [1.82, 2.24) is 14.4 Å². The zero-order valence-corrected chi connectivity index (χ0v) is 8.14. The molecule has 0 fully saturated rings. The van der Waals surface area contributed by atoms with Crippen molar-refractivity contribution < 1.29 is 4.74 Å². The second-order valence-electron chi connectivity index (χ2n) is 3.13. The van der Waals surface area contributed by atoms with Crippen molar-refractivity contribution >= 4 is 5.65 Å². The molecule has 74 valence electrons. The highest BCUT2D eigenvalue weighted by Crippen LogP contribution is 2.14. The lowest BCUT2D eigenvalue weighted by atomic mass is 10.3. The van der Waals surface area contributed by atoms with Gasteiger partial charge in [-0.1, -0.05) is 0 Å². The van der Waals surface area contributed by atoms with Crippen LogP contribution in [0.3, 0.4) is 0 Å². The average molecular weight is 192 g/mol. The number of nitrogens with two attached hydrogens (primary N) is 1. The molecule has 2 rings (SSSR count). The molecule has 14 heavy (non-hydrogen) atoms. The molecule has 0 aliphatic rings. The van der Waals surface area contributed by atoms with Crippen LogP contribution in [0.1, 0.15) is 18.7 Å².